The van der Waals surface area contributed by atoms with Crippen molar-refractivity contribution in [2.24, 2.45) is 0 Å². The van der Waals surface area contributed by atoms with E-state index in [1.54, 1.807) is 0 Å². The van der Waals surface area contributed by atoms with Crippen LogP contribution in [-0.2, 0) is 4.79 Å². The fraction of sp³-hybridized carbons (Fsp3) is 0.562. The zero-order chi connectivity index (χ0) is 20.8. The molecule has 1 heterocycles. The highest BCUT2D eigenvalue weighted by atomic mass is 19.3. The second-order valence-electron chi connectivity index (χ2n) is 6.03. The molecular formula is C16H17F7N4O. The average molecular weight is 414 g/mol. The first-order valence-corrected chi connectivity index (χ1v) is 8.29. The number of hydrogen-bond acceptors (Lipinski definition) is 5. The minimum Gasteiger partial charge on any atom is -0.357 e. The summed E-state index contributed by atoms with van der Waals surface area (Å²) in [5.41, 5.74) is -0.392. The van der Waals surface area contributed by atoms with Crippen LogP contribution in [0.2, 0.25) is 0 Å². The first-order valence-electron chi connectivity index (χ1n) is 8.29. The summed E-state index contributed by atoms with van der Waals surface area (Å²) in [5.74, 6) is -3.12. The number of anilines is 2. The lowest BCUT2D eigenvalue weighted by Gasteiger charge is -2.20. The van der Waals surface area contributed by atoms with Crippen LogP contribution in [0.3, 0.4) is 0 Å². The molecule has 12 heteroatoms. The molecule has 1 aromatic heterocycles. The van der Waals surface area contributed by atoms with E-state index in [4.69, 9.17) is 0 Å². The lowest BCUT2D eigenvalue weighted by Crippen LogP contribution is -2.33. The van der Waals surface area contributed by atoms with E-state index in [1.165, 1.54) is 0 Å². The van der Waals surface area contributed by atoms with Gasteiger partial charge in [0, 0.05) is 6.42 Å². The van der Waals surface area contributed by atoms with Crippen molar-refractivity contribution in [3.8, 4) is 0 Å². The van der Waals surface area contributed by atoms with Crippen LogP contribution in [-0.4, -0.2) is 54.0 Å². The van der Waals surface area contributed by atoms with Crippen molar-refractivity contribution in [3.05, 3.63) is 17.6 Å². The summed E-state index contributed by atoms with van der Waals surface area (Å²) < 4.78 is 91.5. The van der Waals surface area contributed by atoms with Crippen LogP contribution in [0.1, 0.15) is 25.0 Å². The van der Waals surface area contributed by atoms with E-state index in [9.17, 15) is 35.5 Å². The number of rotatable bonds is 9. The number of carbonyl (C=O) groups is 1. The van der Waals surface area contributed by atoms with Crippen molar-refractivity contribution in [1.82, 2.24) is 9.97 Å². The van der Waals surface area contributed by atoms with E-state index in [-0.39, 0.29) is 24.2 Å². The fourth-order valence-corrected chi connectivity index (χ4v) is 2.48. The van der Waals surface area contributed by atoms with E-state index in [1.807, 2.05) is 10.6 Å². The van der Waals surface area contributed by atoms with Gasteiger partial charge in [-0.3, -0.25) is 4.79 Å². The Bertz CT molecular complexity index is 729. The number of halogens is 7. The third kappa shape index (κ3) is 5.32. The molecule has 1 aliphatic rings. The molecule has 2 rings (SSSR count). The molecule has 0 saturated heterocycles. The highest BCUT2D eigenvalue weighted by Gasteiger charge is 2.27. The molecule has 0 saturated carbocycles. The van der Waals surface area contributed by atoms with Crippen molar-refractivity contribution < 1.29 is 35.5 Å². The Morgan fingerprint density at radius 1 is 0.964 bits per heavy atom. The highest BCUT2D eigenvalue weighted by molar-refractivity contribution is 5.98. The predicted octanol–water partition coefficient (Wildman–Crippen LogP) is 3.78. The summed E-state index contributed by atoms with van der Waals surface area (Å²) in [5, 5.41) is 3.82. The van der Waals surface area contributed by atoms with Crippen LogP contribution in [0, 0.1) is 5.82 Å². The molecule has 2 N–H and O–H groups in total. The molecule has 2 atom stereocenters. The molecular weight excluding hydrogens is 397 g/mol. The van der Waals surface area contributed by atoms with E-state index in [2.05, 4.69) is 9.97 Å². The summed E-state index contributed by atoms with van der Waals surface area (Å²) in [6.45, 7) is -3.08. The van der Waals surface area contributed by atoms with Gasteiger partial charge >= 0.3 is 0 Å². The maximum absolute atomic E-state index is 14.7. The molecule has 0 spiro atoms. The average Bonchev–Trinajstić information content (AvgIpc) is 2.65. The lowest BCUT2D eigenvalue weighted by atomic mass is 9.96. The number of allylic oxidation sites excluding steroid dienone is 2. The lowest BCUT2D eigenvalue weighted by molar-refractivity contribution is -0.114. The van der Waals surface area contributed by atoms with Crippen LogP contribution in [0.5, 0.6) is 0 Å². The third-order valence-corrected chi connectivity index (χ3v) is 3.94. The van der Waals surface area contributed by atoms with Gasteiger partial charge in [0.2, 0.25) is 5.95 Å². The van der Waals surface area contributed by atoms with E-state index >= 15 is 0 Å². The van der Waals surface area contributed by atoms with Gasteiger partial charge in [-0.1, -0.05) is 0 Å². The number of ketones is 1. The Hall–Kier alpha value is -2.40. The number of hydrogen-bond donors (Lipinski definition) is 2. The molecule has 0 aliphatic heterocycles. The van der Waals surface area contributed by atoms with Crippen LogP contribution in [0.15, 0.2) is 6.08 Å². The second-order valence-corrected chi connectivity index (χ2v) is 6.03. The smallest absolute Gasteiger partial charge is 0.261 e. The molecule has 0 radical (unpaired) electrons. The van der Waals surface area contributed by atoms with Crippen LogP contribution in [0.25, 0.3) is 5.57 Å². The molecule has 0 bridgehead atoms. The standard InChI is InChI=1S/C16H17F7N4O/c17-5-9(13(20)21)24-15-11(19)12(7-2-1-3-8(28)4-7)26-16(27-15)25-10(6-18)14(22)23/h4,9-10,13-14H,1-3,5-6H2,(H2,24,25,26,27). The zero-order valence-electron chi connectivity index (χ0n) is 14.4. The molecule has 0 amide bonds. The Morgan fingerprint density at radius 2 is 1.57 bits per heavy atom. The number of aromatic nitrogens is 2. The molecule has 156 valence electrons. The molecule has 5 nitrogen and oxygen atoms in total. The van der Waals surface area contributed by atoms with E-state index in [0.717, 1.165) is 6.08 Å². The maximum Gasteiger partial charge on any atom is 0.261 e. The Kier molecular flexibility index (Phi) is 7.58. The van der Waals surface area contributed by atoms with Crippen LogP contribution in [0.4, 0.5) is 42.5 Å². The number of nitrogens with one attached hydrogen (secondary N) is 2. The monoisotopic (exact) mass is 414 g/mol. The quantitative estimate of drug-likeness (QED) is 0.602. The van der Waals surface area contributed by atoms with Gasteiger partial charge < -0.3 is 10.6 Å². The number of nitrogens with zero attached hydrogens (tertiary/aromatic N) is 2. The number of alkyl halides is 6. The van der Waals surface area contributed by atoms with Gasteiger partial charge in [-0.25, -0.2) is 35.7 Å². The van der Waals surface area contributed by atoms with Gasteiger partial charge in [0.25, 0.3) is 12.9 Å². The van der Waals surface area contributed by atoms with E-state index in [0.29, 0.717) is 6.42 Å². The molecule has 1 aliphatic carbocycles. The molecule has 1 aromatic rings. The SMILES string of the molecule is O=C1C=C(c2nc(NC(CF)C(F)F)nc(NC(CF)C(F)F)c2F)CCC1. The maximum atomic E-state index is 14.7. The number of carbonyl (C=O) groups excluding carboxylic acids is 1. The first-order chi connectivity index (χ1) is 13.3. The molecule has 28 heavy (non-hydrogen) atoms. The van der Waals surface area contributed by atoms with Gasteiger partial charge in [-0.05, 0) is 24.5 Å². The largest absolute Gasteiger partial charge is 0.357 e. The first kappa shape index (κ1) is 21.9. The Balaban J connectivity index is 2.49. The van der Waals surface area contributed by atoms with Crippen molar-refractivity contribution in [2.45, 2.75) is 44.2 Å². The van der Waals surface area contributed by atoms with Gasteiger partial charge in [0.05, 0.1) is 0 Å². The zero-order valence-corrected chi connectivity index (χ0v) is 14.4. The minimum atomic E-state index is -3.21. The van der Waals surface area contributed by atoms with Crippen molar-refractivity contribution in [2.75, 3.05) is 24.0 Å². The van der Waals surface area contributed by atoms with Crippen molar-refractivity contribution in [3.63, 3.8) is 0 Å². The summed E-state index contributed by atoms with van der Waals surface area (Å²) >= 11 is 0. The summed E-state index contributed by atoms with van der Waals surface area (Å²) in [7, 11) is 0. The molecule has 0 aromatic carbocycles. The van der Waals surface area contributed by atoms with Crippen molar-refractivity contribution in [1.29, 1.82) is 0 Å². The van der Waals surface area contributed by atoms with Gasteiger partial charge in [-0.15, -0.1) is 0 Å². The molecule has 2 unspecified atom stereocenters. The second kappa shape index (κ2) is 9.69. The summed E-state index contributed by atoms with van der Waals surface area (Å²) in [6, 6.07) is -4.14. The van der Waals surface area contributed by atoms with Gasteiger partial charge in [0.1, 0.15) is 31.1 Å². The van der Waals surface area contributed by atoms with Crippen LogP contribution >= 0.6 is 0 Å². The summed E-state index contributed by atoms with van der Waals surface area (Å²) in [6.07, 6.45) is -4.48. The predicted molar refractivity (Wildman–Crippen MR) is 87.6 cm³/mol. The normalized spacial score (nSPS) is 16.9. The minimum absolute atomic E-state index is 0.102. The van der Waals surface area contributed by atoms with Gasteiger partial charge in [0.15, 0.2) is 17.4 Å². The summed E-state index contributed by atoms with van der Waals surface area (Å²) in [4.78, 5) is 18.8. The highest BCUT2D eigenvalue weighted by Crippen LogP contribution is 2.30. The Labute approximate surface area is 155 Å². The van der Waals surface area contributed by atoms with E-state index < -0.39 is 61.6 Å². The fourth-order valence-electron chi connectivity index (χ4n) is 2.48. The van der Waals surface area contributed by atoms with Crippen molar-refractivity contribution >= 4 is 23.1 Å². The van der Waals surface area contributed by atoms with Crippen LogP contribution < -0.4 is 10.6 Å². The topological polar surface area (TPSA) is 66.9 Å². The third-order valence-electron chi connectivity index (χ3n) is 3.94. The molecule has 0 fully saturated rings. The van der Waals surface area contributed by atoms with Gasteiger partial charge in [-0.2, -0.15) is 4.98 Å². The Morgan fingerprint density at radius 3 is 2.11 bits per heavy atom.